The summed E-state index contributed by atoms with van der Waals surface area (Å²) in [5, 5.41) is 6.11. The molecule has 0 aliphatic carbocycles. The molecule has 0 spiro atoms. The van der Waals surface area contributed by atoms with Crippen LogP contribution < -0.4 is 15.4 Å². The third-order valence-electron chi connectivity index (χ3n) is 4.26. The normalized spacial score (nSPS) is 20.8. The van der Waals surface area contributed by atoms with Gasteiger partial charge in [-0.05, 0) is 44.4 Å². The van der Waals surface area contributed by atoms with Crippen LogP contribution in [0.1, 0.15) is 25.3 Å². The number of sulfonamides is 1. The van der Waals surface area contributed by atoms with Crippen molar-refractivity contribution < 1.29 is 17.5 Å². The first-order chi connectivity index (χ1) is 12.2. The van der Waals surface area contributed by atoms with Crippen LogP contribution >= 0.6 is 0 Å². The summed E-state index contributed by atoms with van der Waals surface area (Å²) in [7, 11) is -1.98. The fourth-order valence-corrected chi connectivity index (χ4v) is 3.62. The molecule has 1 aliphatic heterocycles. The first-order valence-electron chi connectivity index (χ1n) is 8.58. The molecule has 1 atom stereocenters. The molecule has 0 bridgehead atoms. The number of hydrogen-bond donors (Lipinski definition) is 3. The van der Waals surface area contributed by atoms with Crippen molar-refractivity contribution in [2.45, 2.75) is 32.3 Å². The highest BCUT2D eigenvalue weighted by Gasteiger charge is 2.29. The van der Waals surface area contributed by atoms with Crippen molar-refractivity contribution in [1.29, 1.82) is 0 Å². The summed E-state index contributed by atoms with van der Waals surface area (Å²) < 4.78 is 45.9. The van der Waals surface area contributed by atoms with E-state index in [1.54, 1.807) is 14.0 Å². The highest BCUT2D eigenvalue weighted by Crippen LogP contribution is 2.23. The van der Waals surface area contributed by atoms with Crippen molar-refractivity contribution in [2.75, 3.05) is 37.2 Å². The Hall–Kier alpha value is -1.87. The van der Waals surface area contributed by atoms with Crippen molar-refractivity contribution in [2.24, 2.45) is 4.99 Å². The molecule has 1 saturated heterocycles. The second kappa shape index (κ2) is 8.68. The third kappa shape index (κ3) is 6.14. The highest BCUT2D eigenvalue weighted by molar-refractivity contribution is 7.92. The van der Waals surface area contributed by atoms with E-state index in [9.17, 15) is 12.8 Å². The van der Waals surface area contributed by atoms with E-state index >= 15 is 0 Å². The van der Waals surface area contributed by atoms with Gasteiger partial charge in [-0.2, -0.15) is 0 Å². The summed E-state index contributed by atoms with van der Waals surface area (Å²) in [5.74, 6) is -0.106. The summed E-state index contributed by atoms with van der Waals surface area (Å²) in [6.07, 6.45) is 2.01. The Balaban J connectivity index is 1.79. The molecule has 1 aliphatic rings. The van der Waals surface area contributed by atoms with Crippen molar-refractivity contribution in [3.8, 4) is 0 Å². The van der Waals surface area contributed by atoms with Gasteiger partial charge in [-0.1, -0.05) is 6.07 Å². The van der Waals surface area contributed by atoms with E-state index in [1.165, 1.54) is 18.2 Å². The van der Waals surface area contributed by atoms with E-state index in [1.807, 2.05) is 6.92 Å². The SMILES string of the molecule is CN=C(NCCS(=O)(=O)Nc1ccc(C)c(F)c1)NCC1(C)CCCO1. The summed E-state index contributed by atoms with van der Waals surface area (Å²) in [6.45, 7) is 5.18. The molecule has 1 aromatic carbocycles. The zero-order chi connectivity index (χ0) is 19.2. The van der Waals surface area contributed by atoms with Gasteiger partial charge < -0.3 is 15.4 Å². The molecule has 0 amide bonds. The minimum absolute atomic E-state index is 0.168. The van der Waals surface area contributed by atoms with E-state index in [4.69, 9.17) is 4.74 Å². The lowest BCUT2D eigenvalue weighted by atomic mass is 10.0. The minimum atomic E-state index is -3.60. The lowest BCUT2D eigenvalue weighted by Crippen LogP contribution is -2.46. The number of nitrogens with one attached hydrogen (secondary N) is 3. The smallest absolute Gasteiger partial charge is 0.234 e. The first-order valence-corrected chi connectivity index (χ1v) is 10.2. The summed E-state index contributed by atoms with van der Waals surface area (Å²) in [4.78, 5) is 4.08. The maximum Gasteiger partial charge on any atom is 0.234 e. The lowest BCUT2D eigenvalue weighted by Gasteiger charge is -2.24. The Morgan fingerprint density at radius 2 is 2.15 bits per heavy atom. The number of nitrogens with zero attached hydrogens (tertiary/aromatic N) is 1. The van der Waals surface area contributed by atoms with Crippen molar-refractivity contribution >= 4 is 21.7 Å². The van der Waals surface area contributed by atoms with Crippen LogP contribution in [-0.2, 0) is 14.8 Å². The quantitative estimate of drug-likeness (QED) is 0.489. The van der Waals surface area contributed by atoms with Crippen molar-refractivity contribution in [3.05, 3.63) is 29.6 Å². The average Bonchev–Trinajstić information content (AvgIpc) is 3.01. The molecule has 26 heavy (non-hydrogen) atoms. The number of halogens is 1. The zero-order valence-electron chi connectivity index (χ0n) is 15.4. The fourth-order valence-electron chi connectivity index (χ4n) is 2.66. The number of hydrogen-bond acceptors (Lipinski definition) is 4. The maximum absolute atomic E-state index is 13.5. The van der Waals surface area contributed by atoms with E-state index in [0.717, 1.165) is 19.4 Å². The van der Waals surface area contributed by atoms with Crippen LogP contribution in [0.25, 0.3) is 0 Å². The summed E-state index contributed by atoms with van der Waals surface area (Å²) in [6, 6.07) is 4.23. The monoisotopic (exact) mass is 386 g/mol. The van der Waals surface area contributed by atoms with Crippen molar-refractivity contribution in [1.82, 2.24) is 10.6 Å². The fraction of sp³-hybridized carbons (Fsp3) is 0.588. The molecule has 1 unspecified atom stereocenters. The number of aryl methyl sites for hydroxylation is 1. The van der Waals surface area contributed by atoms with Crippen LogP contribution in [0.5, 0.6) is 0 Å². The second-order valence-corrected chi connectivity index (χ2v) is 8.48. The van der Waals surface area contributed by atoms with Gasteiger partial charge in [-0.3, -0.25) is 9.71 Å². The van der Waals surface area contributed by atoms with E-state index in [2.05, 4.69) is 20.3 Å². The van der Waals surface area contributed by atoms with Gasteiger partial charge in [0, 0.05) is 26.7 Å². The third-order valence-corrected chi connectivity index (χ3v) is 5.55. The molecule has 7 nitrogen and oxygen atoms in total. The molecule has 2 rings (SSSR count). The zero-order valence-corrected chi connectivity index (χ0v) is 16.2. The second-order valence-electron chi connectivity index (χ2n) is 6.64. The molecule has 1 fully saturated rings. The number of aliphatic imine (C=N–C) groups is 1. The number of benzene rings is 1. The molecule has 0 aromatic heterocycles. The van der Waals surface area contributed by atoms with Crippen LogP contribution in [0, 0.1) is 12.7 Å². The summed E-state index contributed by atoms with van der Waals surface area (Å²) in [5.41, 5.74) is 0.451. The van der Waals surface area contributed by atoms with Gasteiger partial charge in [0.25, 0.3) is 0 Å². The Bertz CT molecular complexity index is 746. The molecular formula is C17H27FN4O3S. The Labute approximate surface area is 154 Å². The molecule has 1 heterocycles. The van der Waals surface area contributed by atoms with Crippen LogP contribution in [0.2, 0.25) is 0 Å². The predicted molar refractivity (Wildman–Crippen MR) is 102 cm³/mol. The van der Waals surface area contributed by atoms with E-state index in [-0.39, 0.29) is 23.6 Å². The van der Waals surface area contributed by atoms with Crippen LogP contribution in [-0.4, -0.2) is 52.5 Å². The largest absolute Gasteiger partial charge is 0.373 e. The molecule has 9 heteroatoms. The highest BCUT2D eigenvalue weighted by atomic mass is 32.2. The minimum Gasteiger partial charge on any atom is -0.373 e. The van der Waals surface area contributed by atoms with Crippen LogP contribution in [0.3, 0.4) is 0 Å². The van der Waals surface area contributed by atoms with Gasteiger partial charge in [0.1, 0.15) is 5.82 Å². The molecule has 3 N–H and O–H groups in total. The van der Waals surface area contributed by atoms with Gasteiger partial charge in [-0.15, -0.1) is 0 Å². The standard InChI is InChI=1S/C17H27FN4O3S/c1-13-5-6-14(11-15(13)18)22-26(23,24)10-8-20-16(19-3)21-12-17(2)7-4-9-25-17/h5-6,11,22H,4,7-10,12H2,1-3H3,(H2,19,20,21). The average molecular weight is 386 g/mol. The number of guanidine groups is 1. The molecule has 1 aromatic rings. The van der Waals surface area contributed by atoms with E-state index in [0.29, 0.717) is 18.1 Å². The summed E-state index contributed by atoms with van der Waals surface area (Å²) >= 11 is 0. The van der Waals surface area contributed by atoms with Gasteiger partial charge in [0.15, 0.2) is 5.96 Å². The van der Waals surface area contributed by atoms with Crippen LogP contribution in [0.4, 0.5) is 10.1 Å². The maximum atomic E-state index is 13.5. The van der Waals surface area contributed by atoms with Gasteiger partial charge in [-0.25, -0.2) is 12.8 Å². The lowest BCUT2D eigenvalue weighted by molar-refractivity contribution is 0.0243. The number of ether oxygens (including phenoxy) is 1. The molecule has 0 radical (unpaired) electrons. The molecular weight excluding hydrogens is 359 g/mol. The number of anilines is 1. The van der Waals surface area contributed by atoms with Gasteiger partial charge in [0.05, 0.1) is 17.0 Å². The molecule has 146 valence electrons. The van der Waals surface area contributed by atoms with Crippen LogP contribution in [0.15, 0.2) is 23.2 Å². The number of rotatable bonds is 7. The first kappa shape index (κ1) is 20.4. The van der Waals surface area contributed by atoms with E-state index < -0.39 is 15.8 Å². The topological polar surface area (TPSA) is 91.8 Å². The molecule has 0 saturated carbocycles. The Morgan fingerprint density at radius 3 is 2.77 bits per heavy atom. The van der Waals surface area contributed by atoms with Gasteiger partial charge in [0.2, 0.25) is 10.0 Å². The van der Waals surface area contributed by atoms with Crippen molar-refractivity contribution in [3.63, 3.8) is 0 Å². The Kier molecular flexibility index (Phi) is 6.82. The Morgan fingerprint density at radius 1 is 1.38 bits per heavy atom. The van der Waals surface area contributed by atoms with Gasteiger partial charge >= 0.3 is 0 Å². The predicted octanol–water partition coefficient (Wildman–Crippen LogP) is 1.61.